The molecule has 27 heavy (non-hydrogen) atoms. The normalized spacial score (nSPS) is 14.4. The third-order valence-corrected chi connectivity index (χ3v) is 5.07. The van der Waals surface area contributed by atoms with Crippen LogP contribution in [0.3, 0.4) is 0 Å². The van der Waals surface area contributed by atoms with Crippen molar-refractivity contribution in [3.8, 4) is 5.75 Å². The number of rotatable bonds is 7. The molecule has 1 aliphatic rings. The lowest BCUT2D eigenvalue weighted by Crippen LogP contribution is -2.26. The monoisotopic (exact) mass is 366 g/mol. The van der Waals surface area contributed by atoms with Gasteiger partial charge in [0.05, 0.1) is 12.5 Å². The highest BCUT2D eigenvalue weighted by molar-refractivity contribution is 6.06. The maximum Gasteiger partial charge on any atom is 0.234 e. The molecule has 0 saturated carbocycles. The van der Waals surface area contributed by atoms with Crippen LogP contribution in [0.1, 0.15) is 44.2 Å². The second kappa shape index (κ2) is 7.82. The summed E-state index contributed by atoms with van der Waals surface area (Å²) in [6.45, 7) is 3.78. The van der Waals surface area contributed by atoms with Gasteiger partial charge in [0.1, 0.15) is 5.75 Å². The Morgan fingerprint density at radius 3 is 2.56 bits per heavy atom. The van der Waals surface area contributed by atoms with Gasteiger partial charge in [-0.15, -0.1) is 0 Å². The van der Waals surface area contributed by atoms with E-state index in [1.165, 1.54) is 5.56 Å². The number of carbonyl (C=O) groups excluding carboxylic acids is 2. The number of fused-ring (bicyclic) bond motifs is 1. The number of hydrogen-bond acceptors (Lipinski definition) is 3. The average Bonchev–Trinajstić information content (AvgIpc) is 2.88. The summed E-state index contributed by atoms with van der Waals surface area (Å²) >= 11 is 0. The standard InChI is InChI=1S/C22H26N2O3/c1-22(2)18-14-16(10-13-19(18)24-21(22)26)23-20(25)7-5-4-6-15-8-11-17(27-3)12-9-15/h8-14H,4-7H2,1-3H3,(H,23,25)(H,24,26). The van der Waals surface area contributed by atoms with Crippen molar-refractivity contribution in [1.29, 1.82) is 0 Å². The van der Waals surface area contributed by atoms with Crippen LogP contribution < -0.4 is 15.4 Å². The average molecular weight is 366 g/mol. The molecule has 0 saturated heterocycles. The Kier molecular flexibility index (Phi) is 5.49. The number of aryl methyl sites for hydroxylation is 1. The molecule has 142 valence electrons. The molecule has 0 aromatic heterocycles. The number of amides is 2. The zero-order valence-corrected chi connectivity index (χ0v) is 16.1. The summed E-state index contributed by atoms with van der Waals surface area (Å²) in [6, 6.07) is 13.6. The van der Waals surface area contributed by atoms with Crippen LogP contribution in [0.15, 0.2) is 42.5 Å². The fourth-order valence-electron chi connectivity index (χ4n) is 3.28. The molecule has 0 radical (unpaired) electrons. The molecule has 5 heteroatoms. The molecule has 5 nitrogen and oxygen atoms in total. The number of benzene rings is 2. The molecule has 0 unspecified atom stereocenters. The highest BCUT2D eigenvalue weighted by atomic mass is 16.5. The zero-order chi connectivity index (χ0) is 19.4. The maximum atomic E-state index is 12.2. The van der Waals surface area contributed by atoms with E-state index in [0.717, 1.165) is 42.0 Å². The van der Waals surface area contributed by atoms with Crippen LogP contribution in [0.25, 0.3) is 0 Å². The van der Waals surface area contributed by atoms with Gasteiger partial charge in [0.15, 0.2) is 0 Å². The molecule has 2 aromatic rings. The minimum absolute atomic E-state index is 0.000213. The molecule has 2 aromatic carbocycles. The largest absolute Gasteiger partial charge is 0.497 e. The van der Waals surface area contributed by atoms with Gasteiger partial charge in [-0.2, -0.15) is 0 Å². The topological polar surface area (TPSA) is 67.4 Å². The summed E-state index contributed by atoms with van der Waals surface area (Å²) in [6.07, 6.45) is 3.20. The van der Waals surface area contributed by atoms with Gasteiger partial charge in [-0.1, -0.05) is 12.1 Å². The van der Waals surface area contributed by atoms with Gasteiger partial charge in [0.25, 0.3) is 0 Å². The molecule has 3 rings (SSSR count). The van der Waals surface area contributed by atoms with Crippen LogP contribution in [-0.4, -0.2) is 18.9 Å². The highest BCUT2D eigenvalue weighted by Crippen LogP contribution is 2.38. The predicted molar refractivity (Wildman–Crippen MR) is 107 cm³/mol. The number of carbonyl (C=O) groups is 2. The Hall–Kier alpha value is -2.82. The number of ether oxygens (including phenoxy) is 1. The summed E-state index contributed by atoms with van der Waals surface area (Å²) in [7, 11) is 1.66. The van der Waals surface area contributed by atoms with Gasteiger partial charge in [-0.3, -0.25) is 9.59 Å². The molecule has 0 fully saturated rings. The van der Waals surface area contributed by atoms with Crippen LogP contribution in [0, 0.1) is 0 Å². The van der Waals surface area contributed by atoms with Crippen molar-refractivity contribution in [1.82, 2.24) is 0 Å². The van der Waals surface area contributed by atoms with Crippen molar-refractivity contribution in [2.75, 3.05) is 17.7 Å². The van der Waals surface area contributed by atoms with Crippen molar-refractivity contribution >= 4 is 23.2 Å². The van der Waals surface area contributed by atoms with Gasteiger partial charge in [-0.05, 0) is 74.6 Å². The molecule has 0 atom stereocenters. The third-order valence-electron chi connectivity index (χ3n) is 5.07. The fraction of sp³-hybridized carbons (Fsp3) is 0.364. The number of unbranched alkanes of at least 4 members (excludes halogenated alkanes) is 1. The van der Waals surface area contributed by atoms with Crippen LogP contribution in [0.5, 0.6) is 5.75 Å². The molecular formula is C22H26N2O3. The van der Waals surface area contributed by atoms with E-state index < -0.39 is 5.41 Å². The second-order valence-corrected chi connectivity index (χ2v) is 7.44. The first-order valence-electron chi connectivity index (χ1n) is 9.29. The van der Waals surface area contributed by atoms with Crippen molar-refractivity contribution in [2.45, 2.75) is 44.9 Å². The third kappa shape index (κ3) is 4.30. The van der Waals surface area contributed by atoms with E-state index in [-0.39, 0.29) is 11.8 Å². The summed E-state index contributed by atoms with van der Waals surface area (Å²) in [5, 5.41) is 5.82. The lowest BCUT2D eigenvalue weighted by molar-refractivity contribution is -0.119. The first kappa shape index (κ1) is 19.0. The molecule has 0 spiro atoms. The number of hydrogen-bond donors (Lipinski definition) is 2. The Bertz CT molecular complexity index is 841. The summed E-state index contributed by atoms with van der Waals surface area (Å²) in [5.74, 6) is 0.840. The van der Waals surface area contributed by atoms with Crippen molar-refractivity contribution in [3.05, 3.63) is 53.6 Å². The van der Waals surface area contributed by atoms with Crippen molar-refractivity contribution in [3.63, 3.8) is 0 Å². The highest BCUT2D eigenvalue weighted by Gasteiger charge is 2.38. The SMILES string of the molecule is COc1ccc(CCCCC(=O)Nc2ccc3c(c2)C(C)(C)C(=O)N3)cc1. The van der Waals surface area contributed by atoms with E-state index in [1.807, 2.05) is 44.2 Å². The minimum atomic E-state index is -0.575. The number of methoxy groups -OCH3 is 1. The number of anilines is 2. The minimum Gasteiger partial charge on any atom is -0.497 e. The Labute approximate surface area is 160 Å². The van der Waals surface area contributed by atoms with E-state index in [9.17, 15) is 9.59 Å². The van der Waals surface area contributed by atoms with Crippen LogP contribution in [0.4, 0.5) is 11.4 Å². The zero-order valence-electron chi connectivity index (χ0n) is 16.1. The van der Waals surface area contributed by atoms with Crippen LogP contribution >= 0.6 is 0 Å². The second-order valence-electron chi connectivity index (χ2n) is 7.44. The molecule has 1 heterocycles. The quantitative estimate of drug-likeness (QED) is 0.719. The fourth-order valence-corrected chi connectivity index (χ4v) is 3.28. The Morgan fingerprint density at radius 2 is 1.85 bits per heavy atom. The van der Waals surface area contributed by atoms with Gasteiger partial charge < -0.3 is 15.4 Å². The molecule has 0 bridgehead atoms. The van der Waals surface area contributed by atoms with E-state index in [4.69, 9.17) is 4.74 Å². The van der Waals surface area contributed by atoms with Gasteiger partial charge in [0, 0.05) is 17.8 Å². The summed E-state index contributed by atoms with van der Waals surface area (Å²) in [5.41, 5.74) is 3.15. The predicted octanol–water partition coefficient (Wildman–Crippen LogP) is 4.28. The van der Waals surface area contributed by atoms with Gasteiger partial charge in [0.2, 0.25) is 11.8 Å². The smallest absolute Gasteiger partial charge is 0.234 e. The summed E-state index contributed by atoms with van der Waals surface area (Å²) < 4.78 is 5.15. The van der Waals surface area contributed by atoms with E-state index in [2.05, 4.69) is 22.8 Å². The van der Waals surface area contributed by atoms with E-state index in [0.29, 0.717) is 6.42 Å². The van der Waals surface area contributed by atoms with E-state index in [1.54, 1.807) is 7.11 Å². The maximum absolute atomic E-state index is 12.2. The molecule has 2 amide bonds. The molecule has 2 N–H and O–H groups in total. The number of nitrogens with one attached hydrogen (secondary N) is 2. The first-order valence-corrected chi connectivity index (χ1v) is 9.29. The Balaban J connectivity index is 1.47. The van der Waals surface area contributed by atoms with Gasteiger partial charge >= 0.3 is 0 Å². The van der Waals surface area contributed by atoms with E-state index >= 15 is 0 Å². The van der Waals surface area contributed by atoms with Crippen molar-refractivity contribution < 1.29 is 14.3 Å². The molecular weight excluding hydrogens is 340 g/mol. The molecule has 1 aliphatic heterocycles. The van der Waals surface area contributed by atoms with Crippen molar-refractivity contribution in [2.24, 2.45) is 0 Å². The van der Waals surface area contributed by atoms with Crippen LogP contribution in [-0.2, 0) is 21.4 Å². The lowest BCUT2D eigenvalue weighted by Gasteiger charge is -2.16. The first-order chi connectivity index (χ1) is 12.9. The van der Waals surface area contributed by atoms with Gasteiger partial charge in [-0.25, -0.2) is 0 Å². The van der Waals surface area contributed by atoms with Crippen LogP contribution in [0.2, 0.25) is 0 Å². The summed E-state index contributed by atoms with van der Waals surface area (Å²) in [4.78, 5) is 24.2. The Morgan fingerprint density at radius 1 is 1.11 bits per heavy atom. The lowest BCUT2D eigenvalue weighted by atomic mass is 9.86. The molecule has 0 aliphatic carbocycles.